The Morgan fingerprint density at radius 3 is 2.58 bits per heavy atom. The molecule has 2 N–H and O–H groups in total. The Hall–Kier alpha value is -1.32. The fraction of sp³-hybridized carbons (Fsp3) is 0.824. The predicted molar refractivity (Wildman–Crippen MR) is 108 cm³/mol. The molecule has 0 unspecified atom stereocenters. The largest absolute Gasteiger partial charge is 0.379 e. The summed E-state index contributed by atoms with van der Waals surface area (Å²) in [5, 5.41) is 15.1. The second-order valence-electron chi connectivity index (χ2n) is 6.39. The van der Waals surface area contributed by atoms with Crippen LogP contribution in [0.5, 0.6) is 0 Å². The topological polar surface area (TPSA) is 79.6 Å². The molecule has 0 amide bonds. The average molecular weight is 384 g/mol. The minimum absolute atomic E-state index is 0.526. The second kappa shape index (κ2) is 12.1. The Balaban J connectivity index is 1.77. The Labute approximate surface area is 161 Å². The van der Waals surface area contributed by atoms with E-state index in [1.165, 1.54) is 0 Å². The zero-order valence-corrected chi connectivity index (χ0v) is 17.1. The van der Waals surface area contributed by atoms with Crippen LogP contribution < -0.4 is 10.6 Å². The number of aromatic nitrogens is 3. The molecule has 9 heteroatoms. The number of morpholine rings is 1. The van der Waals surface area contributed by atoms with E-state index in [1.54, 1.807) is 0 Å². The Morgan fingerprint density at radius 2 is 1.92 bits per heavy atom. The summed E-state index contributed by atoms with van der Waals surface area (Å²) in [6, 6.07) is 0. The number of thioether (sulfide) groups is 1. The van der Waals surface area contributed by atoms with Crippen LogP contribution in [0.4, 0.5) is 0 Å². The van der Waals surface area contributed by atoms with Gasteiger partial charge in [0.05, 0.1) is 13.2 Å². The molecule has 148 valence electrons. The number of aryl methyl sites for hydroxylation is 1. The summed E-state index contributed by atoms with van der Waals surface area (Å²) in [6.07, 6.45) is 4.35. The van der Waals surface area contributed by atoms with E-state index in [1.807, 2.05) is 30.3 Å². The van der Waals surface area contributed by atoms with Crippen molar-refractivity contribution < 1.29 is 4.74 Å². The van der Waals surface area contributed by atoms with Gasteiger partial charge < -0.3 is 19.9 Å². The fourth-order valence-corrected chi connectivity index (χ4v) is 3.10. The molecule has 0 spiro atoms. The second-order valence-corrected chi connectivity index (χ2v) is 7.38. The monoisotopic (exact) mass is 383 g/mol. The Morgan fingerprint density at radius 1 is 1.19 bits per heavy atom. The number of aliphatic imine (C=N–C) groups is 1. The van der Waals surface area contributed by atoms with Gasteiger partial charge in [0.1, 0.15) is 12.4 Å². The molecule has 26 heavy (non-hydrogen) atoms. The van der Waals surface area contributed by atoms with Crippen molar-refractivity contribution in [3.63, 3.8) is 0 Å². The summed E-state index contributed by atoms with van der Waals surface area (Å²) >= 11 is 1.87. The van der Waals surface area contributed by atoms with Crippen LogP contribution in [-0.2, 0) is 18.3 Å². The lowest BCUT2D eigenvalue weighted by atomic mass is 10.3. The van der Waals surface area contributed by atoms with E-state index >= 15 is 0 Å². The van der Waals surface area contributed by atoms with Gasteiger partial charge >= 0.3 is 0 Å². The highest BCUT2D eigenvalue weighted by Gasteiger charge is 2.09. The van der Waals surface area contributed by atoms with E-state index in [9.17, 15) is 0 Å². The predicted octanol–water partition coefficient (Wildman–Crippen LogP) is 0.634. The van der Waals surface area contributed by atoms with Gasteiger partial charge in [-0.05, 0) is 38.3 Å². The lowest BCUT2D eigenvalue weighted by molar-refractivity contribution is 0.0376. The van der Waals surface area contributed by atoms with E-state index in [0.717, 1.165) is 82.1 Å². The number of hydrogen-bond donors (Lipinski definition) is 2. The van der Waals surface area contributed by atoms with E-state index in [0.29, 0.717) is 6.54 Å². The number of nitrogens with one attached hydrogen (secondary N) is 2. The smallest absolute Gasteiger partial charge is 0.191 e. The summed E-state index contributed by atoms with van der Waals surface area (Å²) in [5.41, 5.74) is 0. The van der Waals surface area contributed by atoms with Crippen molar-refractivity contribution >= 4 is 17.7 Å². The first-order chi connectivity index (χ1) is 12.7. The van der Waals surface area contributed by atoms with Crippen molar-refractivity contribution in [3.05, 3.63) is 11.6 Å². The number of nitrogens with zero attached hydrogens (tertiary/aromatic N) is 5. The van der Waals surface area contributed by atoms with Gasteiger partial charge in [-0.1, -0.05) is 0 Å². The quantitative estimate of drug-likeness (QED) is 0.349. The summed E-state index contributed by atoms with van der Waals surface area (Å²) in [5.74, 6) is 3.79. The van der Waals surface area contributed by atoms with Crippen LogP contribution in [0.15, 0.2) is 4.99 Å². The maximum absolute atomic E-state index is 5.39. The number of ether oxygens (including phenoxy) is 1. The molecule has 0 atom stereocenters. The SMILES string of the molecule is CSCCCNC(=NCc1nnc(C)n1C)NCCCN1CCOCC1. The van der Waals surface area contributed by atoms with Gasteiger partial charge in [0.15, 0.2) is 11.8 Å². The first-order valence-electron chi connectivity index (χ1n) is 9.37. The normalized spacial score (nSPS) is 16.0. The van der Waals surface area contributed by atoms with Crippen molar-refractivity contribution in [1.29, 1.82) is 0 Å². The van der Waals surface area contributed by atoms with E-state index in [4.69, 9.17) is 4.74 Å². The lowest BCUT2D eigenvalue weighted by Gasteiger charge is -2.26. The van der Waals surface area contributed by atoms with Crippen LogP contribution in [-0.4, -0.2) is 83.6 Å². The van der Waals surface area contributed by atoms with Crippen molar-refractivity contribution in [3.8, 4) is 0 Å². The van der Waals surface area contributed by atoms with Gasteiger partial charge in [-0.15, -0.1) is 10.2 Å². The molecule has 0 saturated carbocycles. The molecule has 1 aliphatic rings. The van der Waals surface area contributed by atoms with Gasteiger partial charge in [0.25, 0.3) is 0 Å². The molecule has 1 saturated heterocycles. The van der Waals surface area contributed by atoms with Gasteiger partial charge in [-0.3, -0.25) is 4.90 Å². The molecule has 0 radical (unpaired) electrons. The van der Waals surface area contributed by atoms with E-state index < -0.39 is 0 Å². The summed E-state index contributed by atoms with van der Waals surface area (Å²) in [7, 11) is 1.97. The lowest BCUT2D eigenvalue weighted by Crippen LogP contribution is -2.41. The first kappa shape index (κ1) is 21.0. The van der Waals surface area contributed by atoms with Crippen LogP contribution in [0.1, 0.15) is 24.5 Å². The van der Waals surface area contributed by atoms with Gasteiger partial charge in [0, 0.05) is 33.2 Å². The maximum Gasteiger partial charge on any atom is 0.191 e. The molecule has 1 aromatic rings. The van der Waals surface area contributed by atoms with E-state index in [2.05, 4.69) is 37.0 Å². The highest BCUT2D eigenvalue weighted by molar-refractivity contribution is 7.98. The maximum atomic E-state index is 5.39. The van der Waals surface area contributed by atoms with Crippen molar-refractivity contribution in [2.24, 2.45) is 12.0 Å². The average Bonchev–Trinajstić information content (AvgIpc) is 2.98. The van der Waals surface area contributed by atoms with Gasteiger partial charge in [0.2, 0.25) is 0 Å². The summed E-state index contributed by atoms with van der Waals surface area (Å²) in [6.45, 7) is 9.20. The molecule has 2 rings (SSSR count). The highest BCUT2D eigenvalue weighted by atomic mass is 32.2. The first-order valence-corrected chi connectivity index (χ1v) is 10.8. The highest BCUT2D eigenvalue weighted by Crippen LogP contribution is 2.00. The zero-order chi connectivity index (χ0) is 18.6. The van der Waals surface area contributed by atoms with Crippen LogP contribution in [0.25, 0.3) is 0 Å². The molecule has 1 fully saturated rings. The number of guanidine groups is 1. The molecular weight excluding hydrogens is 350 g/mol. The summed E-state index contributed by atoms with van der Waals surface area (Å²) < 4.78 is 7.37. The number of rotatable bonds is 10. The van der Waals surface area contributed by atoms with Crippen LogP contribution in [0.2, 0.25) is 0 Å². The van der Waals surface area contributed by atoms with E-state index in [-0.39, 0.29) is 0 Å². The standard InChI is InChI=1S/C17H33N7OS/c1-15-21-22-16(23(15)2)14-20-17(19-7-5-13-26-3)18-6-4-8-24-9-11-25-12-10-24/h4-14H2,1-3H3,(H2,18,19,20). The van der Waals surface area contributed by atoms with Gasteiger partial charge in [-0.25, -0.2) is 4.99 Å². The minimum Gasteiger partial charge on any atom is -0.379 e. The zero-order valence-electron chi connectivity index (χ0n) is 16.3. The molecule has 0 aliphatic carbocycles. The van der Waals surface area contributed by atoms with Crippen molar-refractivity contribution in [1.82, 2.24) is 30.3 Å². The minimum atomic E-state index is 0.526. The Kier molecular flexibility index (Phi) is 9.80. The third-order valence-electron chi connectivity index (χ3n) is 4.43. The molecule has 2 heterocycles. The van der Waals surface area contributed by atoms with Crippen molar-refractivity contribution in [2.75, 3.05) is 57.9 Å². The summed E-state index contributed by atoms with van der Waals surface area (Å²) in [4.78, 5) is 7.14. The molecule has 8 nitrogen and oxygen atoms in total. The third kappa shape index (κ3) is 7.51. The molecule has 1 aromatic heterocycles. The molecule has 0 aromatic carbocycles. The van der Waals surface area contributed by atoms with Gasteiger partial charge in [-0.2, -0.15) is 11.8 Å². The van der Waals surface area contributed by atoms with Crippen LogP contribution >= 0.6 is 11.8 Å². The number of hydrogen-bond acceptors (Lipinski definition) is 6. The fourth-order valence-electron chi connectivity index (χ4n) is 2.67. The van der Waals surface area contributed by atoms with Crippen LogP contribution in [0, 0.1) is 6.92 Å². The third-order valence-corrected chi connectivity index (χ3v) is 5.12. The molecule has 0 bridgehead atoms. The Bertz CT molecular complexity index is 543. The van der Waals surface area contributed by atoms with Crippen molar-refractivity contribution in [2.45, 2.75) is 26.3 Å². The van der Waals surface area contributed by atoms with Crippen LogP contribution in [0.3, 0.4) is 0 Å². The molecule has 1 aliphatic heterocycles. The molecular formula is C17H33N7OS.